The second-order valence-electron chi connectivity index (χ2n) is 4.50. The Morgan fingerprint density at radius 2 is 2.06 bits per heavy atom. The molecule has 2 N–H and O–H groups in total. The summed E-state index contributed by atoms with van der Waals surface area (Å²) in [6.07, 6.45) is 2.45. The summed E-state index contributed by atoms with van der Waals surface area (Å²) >= 11 is 0. The molecule has 1 fully saturated rings. The van der Waals surface area contributed by atoms with Gasteiger partial charge in [0.05, 0.1) is 0 Å². The Balaban J connectivity index is 2.22. The molecule has 1 aromatic rings. The Labute approximate surface area is 96.2 Å². The van der Waals surface area contributed by atoms with Crippen molar-refractivity contribution in [3.05, 3.63) is 35.1 Å². The first-order valence-corrected chi connectivity index (χ1v) is 5.92. The van der Waals surface area contributed by atoms with Crippen LogP contribution in [-0.2, 0) is 0 Å². The Morgan fingerprint density at radius 3 is 2.62 bits per heavy atom. The summed E-state index contributed by atoms with van der Waals surface area (Å²) in [6.45, 7) is 4.50. The van der Waals surface area contributed by atoms with Gasteiger partial charge in [0.25, 0.3) is 0 Å². The van der Waals surface area contributed by atoms with Crippen molar-refractivity contribution in [1.29, 1.82) is 0 Å². The SMILES string of the molecule is Cc1ccc(C(CN)N2CCCC2)cc1F. The average molecular weight is 222 g/mol. The smallest absolute Gasteiger partial charge is 0.126 e. The second kappa shape index (κ2) is 4.93. The van der Waals surface area contributed by atoms with Gasteiger partial charge in [-0.05, 0) is 50.0 Å². The largest absolute Gasteiger partial charge is 0.329 e. The summed E-state index contributed by atoms with van der Waals surface area (Å²) < 4.78 is 13.5. The number of aryl methyl sites for hydroxylation is 1. The van der Waals surface area contributed by atoms with Crippen LogP contribution in [-0.4, -0.2) is 24.5 Å². The van der Waals surface area contributed by atoms with Crippen molar-refractivity contribution >= 4 is 0 Å². The summed E-state index contributed by atoms with van der Waals surface area (Å²) in [6, 6.07) is 5.64. The van der Waals surface area contributed by atoms with Crippen molar-refractivity contribution < 1.29 is 4.39 Å². The predicted octanol–water partition coefficient (Wildman–Crippen LogP) is 2.23. The minimum atomic E-state index is -0.129. The van der Waals surface area contributed by atoms with Crippen molar-refractivity contribution in [3.8, 4) is 0 Å². The lowest BCUT2D eigenvalue weighted by Crippen LogP contribution is -2.31. The van der Waals surface area contributed by atoms with Crippen LogP contribution in [0.2, 0.25) is 0 Å². The monoisotopic (exact) mass is 222 g/mol. The number of hydrogen-bond donors (Lipinski definition) is 1. The van der Waals surface area contributed by atoms with E-state index in [4.69, 9.17) is 5.73 Å². The quantitative estimate of drug-likeness (QED) is 0.849. The lowest BCUT2D eigenvalue weighted by atomic mass is 10.0. The molecule has 0 spiro atoms. The fraction of sp³-hybridized carbons (Fsp3) is 0.538. The van der Waals surface area contributed by atoms with E-state index < -0.39 is 0 Å². The number of nitrogens with zero attached hydrogens (tertiary/aromatic N) is 1. The predicted molar refractivity (Wildman–Crippen MR) is 63.7 cm³/mol. The zero-order chi connectivity index (χ0) is 11.5. The van der Waals surface area contributed by atoms with Crippen molar-refractivity contribution in [2.24, 2.45) is 5.73 Å². The number of hydrogen-bond acceptors (Lipinski definition) is 2. The Hall–Kier alpha value is -0.930. The molecule has 1 aliphatic heterocycles. The lowest BCUT2D eigenvalue weighted by molar-refractivity contribution is 0.251. The van der Waals surface area contributed by atoms with E-state index in [1.165, 1.54) is 12.8 Å². The molecule has 0 bridgehead atoms. The van der Waals surface area contributed by atoms with E-state index in [9.17, 15) is 4.39 Å². The van der Waals surface area contributed by atoms with Gasteiger partial charge in [0, 0.05) is 12.6 Å². The van der Waals surface area contributed by atoms with E-state index in [2.05, 4.69) is 4.90 Å². The van der Waals surface area contributed by atoms with Crippen LogP contribution < -0.4 is 5.73 Å². The Morgan fingerprint density at radius 1 is 1.38 bits per heavy atom. The maximum atomic E-state index is 13.5. The molecule has 0 aliphatic carbocycles. The summed E-state index contributed by atoms with van der Waals surface area (Å²) in [5, 5.41) is 0. The van der Waals surface area contributed by atoms with E-state index in [0.717, 1.165) is 18.7 Å². The van der Waals surface area contributed by atoms with Crippen LogP contribution in [0.5, 0.6) is 0 Å². The van der Waals surface area contributed by atoms with E-state index in [1.54, 1.807) is 13.0 Å². The van der Waals surface area contributed by atoms with Gasteiger partial charge in [-0.2, -0.15) is 0 Å². The highest BCUT2D eigenvalue weighted by Gasteiger charge is 2.22. The van der Waals surface area contributed by atoms with Gasteiger partial charge >= 0.3 is 0 Å². The average Bonchev–Trinajstić information content (AvgIpc) is 2.78. The minimum absolute atomic E-state index is 0.129. The molecule has 3 heteroatoms. The maximum Gasteiger partial charge on any atom is 0.126 e. The summed E-state index contributed by atoms with van der Waals surface area (Å²) in [4.78, 5) is 2.35. The first-order valence-electron chi connectivity index (χ1n) is 5.92. The van der Waals surface area contributed by atoms with Crippen LogP contribution in [0.15, 0.2) is 18.2 Å². The first-order chi connectivity index (χ1) is 7.72. The standard InChI is InChI=1S/C13H19FN2/c1-10-4-5-11(8-12(10)14)13(9-15)16-6-2-3-7-16/h4-5,8,13H,2-3,6-7,9,15H2,1H3. The molecule has 2 rings (SSSR count). The maximum absolute atomic E-state index is 13.5. The van der Waals surface area contributed by atoms with E-state index in [-0.39, 0.29) is 11.9 Å². The molecule has 0 aromatic heterocycles. The van der Waals surface area contributed by atoms with Gasteiger partial charge in [0.15, 0.2) is 0 Å². The van der Waals surface area contributed by atoms with E-state index in [1.807, 2.05) is 12.1 Å². The highest BCUT2D eigenvalue weighted by molar-refractivity contribution is 5.26. The first kappa shape index (κ1) is 11.6. The topological polar surface area (TPSA) is 29.3 Å². The third-order valence-electron chi connectivity index (χ3n) is 3.39. The summed E-state index contributed by atoms with van der Waals surface area (Å²) in [5.74, 6) is -0.129. The highest BCUT2D eigenvalue weighted by Crippen LogP contribution is 2.25. The van der Waals surface area contributed by atoms with Crippen molar-refractivity contribution in [2.45, 2.75) is 25.8 Å². The molecule has 0 amide bonds. The molecule has 1 unspecified atom stereocenters. The molecule has 16 heavy (non-hydrogen) atoms. The number of benzene rings is 1. The van der Waals surface area contributed by atoms with Crippen LogP contribution in [0.3, 0.4) is 0 Å². The third-order valence-corrected chi connectivity index (χ3v) is 3.39. The zero-order valence-corrected chi connectivity index (χ0v) is 9.75. The van der Waals surface area contributed by atoms with Crippen molar-refractivity contribution in [3.63, 3.8) is 0 Å². The zero-order valence-electron chi connectivity index (χ0n) is 9.75. The fourth-order valence-electron chi connectivity index (χ4n) is 2.37. The van der Waals surface area contributed by atoms with Gasteiger partial charge in [-0.3, -0.25) is 4.90 Å². The molecule has 1 heterocycles. The Kier molecular flexibility index (Phi) is 3.56. The van der Waals surface area contributed by atoms with Gasteiger partial charge in [-0.15, -0.1) is 0 Å². The van der Waals surface area contributed by atoms with Gasteiger partial charge in [0.1, 0.15) is 5.82 Å². The summed E-state index contributed by atoms with van der Waals surface area (Å²) in [7, 11) is 0. The highest BCUT2D eigenvalue weighted by atomic mass is 19.1. The second-order valence-corrected chi connectivity index (χ2v) is 4.50. The third kappa shape index (κ3) is 2.25. The van der Waals surface area contributed by atoms with Gasteiger partial charge < -0.3 is 5.73 Å². The van der Waals surface area contributed by atoms with Crippen LogP contribution in [0.25, 0.3) is 0 Å². The molecule has 1 aliphatic rings. The minimum Gasteiger partial charge on any atom is -0.329 e. The molecule has 1 atom stereocenters. The van der Waals surface area contributed by atoms with Crippen molar-refractivity contribution in [2.75, 3.05) is 19.6 Å². The van der Waals surface area contributed by atoms with Crippen molar-refractivity contribution in [1.82, 2.24) is 4.90 Å². The molecular weight excluding hydrogens is 203 g/mol. The number of halogens is 1. The lowest BCUT2D eigenvalue weighted by Gasteiger charge is -2.26. The number of rotatable bonds is 3. The van der Waals surface area contributed by atoms with Gasteiger partial charge in [0.2, 0.25) is 0 Å². The normalized spacial score (nSPS) is 18.9. The molecule has 1 aromatic carbocycles. The number of likely N-dealkylation sites (tertiary alicyclic amines) is 1. The van der Waals surface area contributed by atoms with Crippen LogP contribution in [0.4, 0.5) is 4.39 Å². The van der Waals surface area contributed by atoms with Gasteiger partial charge in [-0.1, -0.05) is 12.1 Å². The Bertz CT molecular complexity index is 359. The molecule has 1 saturated heterocycles. The fourth-order valence-corrected chi connectivity index (χ4v) is 2.37. The van der Waals surface area contributed by atoms with Crippen LogP contribution in [0, 0.1) is 12.7 Å². The number of nitrogens with two attached hydrogens (primary N) is 1. The molecule has 0 saturated carbocycles. The molecule has 0 radical (unpaired) electrons. The van der Waals surface area contributed by atoms with E-state index >= 15 is 0 Å². The summed E-state index contributed by atoms with van der Waals surface area (Å²) in [5.41, 5.74) is 7.51. The molecule has 88 valence electrons. The van der Waals surface area contributed by atoms with E-state index in [0.29, 0.717) is 12.1 Å². The molecular formula is C13H19FN2. The van der Waals surface area contributed by atoms with Crippen LogP contribution in [0.1, 0.15) is 30.0 Å². The molecule has 2 nitrogen and oxygen atoms in total. The van der Waals surface area contributed by atoms with Gasteiger partial charge in [-0.25, -0.2) is 4.39 Å². The van der Waals surface area contributed by atoms with Crippen LogP contribution >= 0.6 is 0 Å².